The second-order valence-corrected chi connectivity index (χ2v) is 4.50. The molecule has 0 aliphatic heterocycles. The van der Waals surface area contributed by atoms with Crippen molar-refractivity contribution >= 4 is 21.6 Å². The molecule has 2 heteroatoms. The first-order valence-corrected chi connectivity index (χ1v) is 5.58. The maximum absolute atomic E-state index is 5.79. The smallest absolute Gasteiger partial charge is 0.0344 e. The van der Waals surface area contributed by atoms with Crippen LogP contribution in [0.2, 0.25) is 0 Å². The summed E-state index contributed by atoms with van der Waals surface area (Å²) in [6, 6.07) is 14.4. The SMILES string of the molecule is Cc1cc(-c2cccc(Br)c2)ccc1N. The summed E-state index contributed by atoms with van der Waals surface area (Å²) in [6.45, 7) is 2.02. The van der Waals surface area contributed by atoms with Gasteiger partial charge in [0.15, 0.2) is 0 Å². The second-order valence-electron chi connectivity index (χ2n) is 3.58. The molecule has 0 spiro atoms. The molecule has 0 fully saturated rings. The van der Waals surface area contributed by atoms with Gasteiger partial charge in [-0.3, -0.25) is 0 Å². The highest BCUT2D eigenvalue weighted by Gasteiger charge is 2.00. The van der Waals surface area contributed by atoms with Gasteiger partial charge in [-0.25, -0.2) is 0 Å². The highest BCUT2D eigenvalue weighted by molar-refractivity contribution is 9.10. The minimum absolute atomic E-state index is 0.841. The third kappa shape index (κ3) is 2.21. The van der Waals surface area contributed by atoms with Crippen molar-refractivity contribution in [2.45, 2.75) is 6.92 Å². The molecule has 76 valence electrons. The molecule has 0 saturated heterocycles. The number of nitrogens with two attached hydrogens (primary N) is 1. The molecule has 0 radical (unpaired) electrons. The van der Waals surface area contributed by atoms with Crippen LogP contribution in [0, 0.1) is 6.92 Å². The van der Waals surface area contributed by atoms with Crippen molar-refractivity contribution in [3.63, 3.8) is 0 Å². The quantitative estimate of drug-likeness (QED) is 0.772. The second kappa shape index (κ2) is 4.07. The predicted octanol–water partition coefficient (Wildman–Crippen LogP) is 4.01. The molecule has 0 atom stereocenters. The van der Waals surface area contributed by atoms with Crippen molar-refractivity contribution in [2.75, 3.05) is 5.73 Å². The summed E-state index contributed by atoms with van der Waals surface area (Å²) in [5.74, 6) is 0. The summed E-state index contributed by atoms with van der Waals surface area (Å²) < 4.78 is 1.09. The van der Waals surface area contributed by atoms with Gasteiger partial charge in [0, 0.05) is 10.2 Å². The van der Waals surface area contributed by atoms with E-state index in [1.807, 2.05) is 31.2 Å². The average Bonchev–Trinajstić information content (AvgIpc) is 2.22. The Labute approximate surface area is 98.1 Å². The van der Waals surface area contributed by atoms with Gasteiger partial charge in [0.05, 0.1) is 0 Å². The lowest BCUT2D eigenvalue weighted by molar-refractivity contribution is 1.46. The number of halogens is 1. The zero-order valence-corrected chi connectivity index (χ0v) is 10.1. The first-order chi connectivity index (χ1) is 7.16. The molecule has 0 saturated carbocycles. The van der Waals surface area contributed by atoms with E-state index >= 15 is 0 Å². The minimum atomic E-state index is 0.841. The third-order valence-electron chi connectivity index (χ3n) is 2.43. The molecule has 0 unspecified atom stereocenters. The highest BCUT2D eigenvalue weighted by atomic mass is 79.9. The molecule has 0 bridgehead atoms. The molecule has 2 rings (SSSR count). The van der Waals surface area contributed by atoms with Crippen LogP contribution in [-0.4, -0.2) is 0 Å². The first-order valence-electron chi connectivity index (χ1n) is 4.79. The number of hydrogen-bond donors (Lipinski definition) is 1. The summed E-state index contributed by atoms with van der Waals surface area (Å²) in [7, 11) is 0. The first kappa shape index (κ1) is 10.2. The van der Waals surface area contributed by atoms with E-state index in [-0.39, 0.29) is 0 Å². The lowest BCUT2D eigenvalue weighted by Crippen LogP contribution is -1.89. The Morgan fingerprint density at radius 3 is 2.40 bits per heavy atom. The van der Waals surface area contributed by atoms with E-state index in [2.05, 4.69) is 34.1 Å². The monoisotopic (exact) mass is 261 g/mol. The maximum Gasteiger partial charge on any atom is 0.0344 e. The van der Waals surface area contributed by atoms with Crippen LogP contribution in [0.25, 0.3) is 11.1 Å². The van der Waals surface area contributed by atoms with Gasteiger partial charge < -0.3 is 5.73 Å². The van der Waals surface area contributed by atoms with Crippen LogP contribution in [0.1, 0.15) is 5.56 Å². The van der Waals surface area contributed by atoms with Gasteiger partial charge in [-0.2, -0.15) is 0 Å². The fourth-order valence-electron chi connectivity index (χ4n) is 1.52. The van der Waals surface area contributed by atoms with Gasteiger partial charge in [-0.05, 0) is 47.9 Å². The van der Waals surface area contributed by atoms with Crippen LogP contribution in [0.15, 0.2) is 46.9 Å². The highest BCUT2D eigenvalue weighted by Crippen LogP contribution is 2.25. The fraction of sp³-hybridized carbons (Fsp3) is 0.0769. The van der Waals surface area contributed by atoms with Gasteiger partial charge in [0.1, 0.15) is 0 Å². The standard InChI is InChI=1S/C13H12BrN/c1-9-7-11(5-6-13(9)15)10-3-2-4-12(14)8-10/h2-8H,15H2,1H3. The van der Waals surface area contributed by atoms with E-state index < -0.39 is 0 Å². The van der Waals surface area contributed by atoms with Gasteiger partial charge in [0.25, 0.3) is 0 Å². The molecule has 0 amide bonds. The molecule has 0 heterocycles. The fourth-order valence-corrected chi connectivity index (χ4v) is 1.92. The summed E-state index contributed by atoms with van der Waals surface area (Å²) in [5, 5.41) is 0. The van der Waals surface area contributed by atoms with Crippen LogP contribution in [0.5, 0.6) is 0 Å². The number of aryl methyl sites for hydroxylation is 1. The molecule has 15 heavy (non-hydrogen) atoms. The summed E-state index contributed by atoms with van der Waals surface area (Å²) in [6.07, 6.45) is 0. The molecule has 0 aliphatic rings. The zero-order chi connectivity index (χ0) is 10.8. The van der Waals surface area contributed by atoms with Crippen molar-refractivity contribution < 1.29 is 0 Å². The Bertz CT molecular complexity index is 492. The van der Waals surface area contributed by atoms with Crippen molar-refractivity contribution in [3.05, 3.63) is 52.5 Å². The van der Waals surface area contributed by atoms with Crippen molar-refractivity contribution in [1.82, 2.24) is 0 Å². The molecule has 2 N–H and O–H groups in total. The van der Waals surface area contributed by atoms with Crippen LogP contribution < -0.4 is 5.73 Å². The number of benzene rings is 2. The molecule has 0 aliphatic carbocycles. The lowest BCUT2D eigenvalue weighted by atomic mass is 10.0. The van der Waals surface area contributed by atoms with E-state index in [1.54, 1.807) is 0 Å². The number of nitrogen functional groups attached to an aromatic ring is 1. The Morgan fingerprint density at radius 2 is 1.73 bits per heavy atom. The summed E-state index contributed by atoms with van der Waals surface area (Å²) in [5.41, 5.74) is 10.1. The van der Waals surface area contributed by atoms with Crippen LogP contribution in [0.4, 0.5) is 5.69 Å². The lowest BCUT2D eigenvalue weighted by Gasteiger charge is -2.05. The molecular formula is C13H12BrN. The van der Waals surface area contributed by atoms with E-state index in [4.69, 9.17) is 5.73 Å². The van der Waals surface area contributed by atoms with Gasteiger partial charge in [-0.15, -0.1) is 0 Å². The van der Waals surface area contributed by atoms with Crippen LogP contribution in [0.3, 0.4) is 0 Å². The number of anilines is 1. The number of rotatable bonds is 1. The van der Waals surface area contributed by atoms with Gasteiger partial charge in [0.2, 0.25) is 0 Å². The summed E-state index contributed by atoms with van der Waals surface area (Å²) >= 11 is 3.47. The van der Waals surface area contributed by atoms with Crippen LogP contribution >= 0.6 is 15.9 Å². The van der Waals surface area contributed by atoms with Crippen molar-refractivity contribution in [2.24, 2.45) is 0 Å². The van der Waals surface area contributed by atoms with Gasteiger partial charge >= 0.3 is 0 Å². The Kier molecular flexibility index (Phi) is 2.78. The largest absolute Gasteiger partial charge is 0.399 e. The molecule has 1 nitrogen and oxygen atoms in total. The van der Waals surface area contributed by atoms with E-state index in [9.17, 15) is 0 Å². The average molecular weight is 262 g/mol. The van der Waals surface area contributed by atoms with E-state index in [0.29, 0.717) is 0 Å². The molecule has 2 aromatic rings. The molecule has 0 aromatic heterocycles. The predicted molar refractivity (Wildman–Crippen MR) is 68.7 cm³/mol. The van der Waals surface area contributed by atoms with Crippen LogP contribution in [-0.2, 0) is 0 Å². The molecular weight excluding hydrogens is 250 g/mol. The van der Waals surface area contributed by atoms with Gasteiger partial charge in [-0.1, -0.05) is 34.1 Å². The Morgan fingerprint density at radius 1 is 1.00 bits per heavy atom. The van der Waals surface area contributed by atoms with E-state index in [0.717, 1.165) is 15.7 Å². The van der Waals surface area contributed by atoms with E-state index in [1.165, 1.54) is 11.1 Å². The normalized spacial score (nSPS) is 10.3. The summed E-state index contributed by atoms with van der Waals surface area (Å²) in [4.78, 5) is 0. The van der Waals surface area contributed by atoms with Crippen molar-refractivity contribution in [1.29, 1.82) is 0 Å². The molecule has 2 aromatic carbocycles. The maximum atomic E-state index is 5.79. The topological polar surface area (TPSA) is 26.0 Å². The van der Waals surface area contributed by atoms with Crippen molar-refractivity contribution in [3.8, 4) is 11.1 Å². The third-order valence-corrected chi connectivity index (χ3v) is 2.92. The minimum Gasteiger partial charge on any atom is -0.399 e. The zero-order valence-electron chi connectivity index (χ0n) is 8.50. The Hall–Kier alpha value is -1.28. The Balaban J connectivity index is 2.50. The number of hydrogen-bond acceptors (Lipinski definition) is 1.